The van der Waals surface area contributed by atoms with Gasteiger partial charge in [-0.3, -0.25) is 4.79 Å². The fourth-order valence-electron chi connectivity index (χ4n) is 1.14. The molecule has 0 unspecified atom stereocenters. The van der Waals surface area contributed by atoms with Crippen molar-refractivity contribution in [2.45, 2.75) is 12.5 Å². The van der Waals surface area contributed by atoms with E-state index in [2.05, 4.69) is 10.0 Å². The maximum Gasteiger partial charge on any atom is 0.312 e. The number of nitrogens with zero attached hydrogens (tertiary/aromatic N) is 3. The Bertz CT molecular complexity index is 455. The maximum absolute atomic E-state index is 12.9. The predicted octanol–water partition coefficient (Wildman–Crippen LogP) is 1.84. The van der Waals surface area contributed by atoms with Gasteiger partial charge in [0.1, 0.15) is 6.04 Å². The molecule has 0 aliphatic rings. The molecule has 2 N–H and O–H groups in total. The number of aromatic hydroxyl groups is 1. The highest BCUT2D eigenvalue weighted by molar-refractivity contribution is 5.74. The van der Waals surface area contributed by atoms with Crippen molar-refractivity contribution < 1.29 is 19.4 Å². The smallest absolute Gasteiger partial charge is 0.312 e. The molecule has 0 aliphatic heterocycles. The van der Waals surface area contributed by atoms with E-state index in [-0.39, 0.29) is 6.42 Å². The molecule has 0 fully saturated rings. The summed E-state index contributed by atoms with van der Waals surface area (Å²) in [5, 5.41) is 20.7. The van der Waals surface area contributed by atoms with Crippen LogP contribution < -0.4 is 0 Å². The van der Waals surface area contributed by atoms with Crippen LogP contribution in [0.2, 0.25) is 0 Å². The third kappa shape index (κ3) is 2.86. The number of carboxylic acid groups (broad SMARTS) is 1. The summed E-state index contributed by atoms with van der Waals surface area (Å²) in [6.07, 6.45) is -0.128. The number of hydrogen-bond acceptors (Lipinski definition) is 3. The zero-order valence-electron chi connectivity index (χ0n) is 8.04. The number of rotatable bonds is 4. The fraction of sp³-hybridized carbons (Fsp3) is 0.222. The average molecular weight is 225 g/mol. The molecular weight excluding hydrogens is 217 g/mol. The summed E-state index contributed by atoms with van der Waals surface area (Å²) in [5.74, 6) is -2.65. The van der Waals surface area contributed by atoms with Gasteiger partial charge in [0.15, 0.2) is 11.6 Å². The van der Waals surface area contributed by atoms with Crippen molar-refractivity contribution in [1.29, 1.82) is 0 Å². The Hall–Kier alpha value is -2.27. The number of halogens is 1. The minimum absolute atomic E-state index is 0.128. The van der Waals surface area contributed by atoms with E-state index in [0.29, 0.717) is 5.56 Å². The summed E-state index contributed by atoms with van der Waals surface area (Å²) >= 11 is 0. The number of hydrogen-bond donors (Lipinski definition) is 2. The van der Waals surface area contributed by atoms with Crippen LogP contribution in [0.25, 0.3) is 10.4 Å². The van der Waals surface area contributed by atoms with E-state index in [4.69, 9.17) is 15.7 Å². The number of azide groups is 1. The lowest BCUT2D eigenvalue weighted by atomic mass is 10.1. The predicted molar refractivity (Wildman–Crippen MR) is 52.3 cm³/mol. The molecule has 16 heavy (non-hydrogen) atoms. The van der Waals surface area contributed by atoms with Crippen molar-refractivity contribution in [3.63, 3.8) is 0 Å². The van der Waals surface area contributed by atoms with Crippen LogP contribution in [-0.2, 0) is 11.2 Å². The highest BCUT2D eigenvalue weighted by Gasteiger charge is 2.16. The zero-order valence-corrected chi connectivity index (χ0v) is 8.04. The Kier molecular flexibility index (Phi) is 3.68. The first kappa shape index (κ1) is 11.8. The van der Waals surface area contributed by atoms with Crippen LogP contribution in [0.15, 0.2) is 23.3 Å². The summed E-state index contributed by atoms with van der Waals surface area (Å²) in [7, 11) is 0. The molecule has 0 spiro atoms. The third-order valence-electron chi connectivity index (χ3n) is 1.92. The van der Waals surface area contributed by atoms with Crippen molar-refractivity contribution in [2.24, 2.45) is 5.11 Å². The third-order valence-corrected chi connectivity index (χ3v) is 1.92. The van der Waals surface area contributed by atoms with Crippen LogP contribution in [0.3, 0.4) is 0 Å². The Labute approximate surface area is 89.6 Å². The van der Waals surface area contributed by atoms with E-state index in [1.54, 1.807) is 0 Å². The fourth-order valence-corrected chi connectivity index (χ4v) is 1.14. The highest BCUT2D eigenvalue weighted by Crippen LogP contribution is 2.17. The Morgan fingerprint density at radius 1 is 1.62 bits per heavy atom. The molecule has 0 amide bonds. The van der Waals surface area contributed by atoms with E-state index in [9.17, 15) is 9.18 Å². The Balaban J connectivity index is 2.89. The number of benzene rings is 1. The van der Waals surface area contributed by atoms with Crippen LogP contribution in [0, 0.1) is 5.82 Å². The first-order chi connectivity index (χ1) is 7.54. The van der Waals surface area contributed by atoms with Crippen LogP contribution in [0.4, 0.5) is 4.39 Å². The number of carboxylic acids is 1. The van der Waals surface area contributed by atoms with Gasteiger partial charge in [-0.2, -0.15) is 0 Å². The van der Waals surface area contributed by atoms with Gasteiger partial charge in [0.05, 0.1) is 0 Å². The summed E-state index contributed by atoms with van der Waals surface area (Å²) in [6, 6.07) is 2.19. The molecule has 0 aliphatic carbocycles. The topological polar surface area (TPSA) is 106 Å². The summed E-state index contributed by atoms with van der Waals surface area (Å²) < 4.78 is 12.9. The minimum Gasteiger partial charge on any atom is -0.505 e. The lowest BCUT2D eigenvalue weighted by Crippen LogP contribution is -2.19. The number of phenols is 1. The molecule has 0 radical (unpaired) electrons. The number of carbonyl (C=O) groups is 1. The van der Waals surface area contributed by atoms with Gasteiger partial charge in [-0.25, -0.2) is 4.39 Å². The second-order valence-corrected chi connectivity index (χ2v) is 3.05. The molecule has 1 atom stereocenters. The molecular formula is C9H8FN3O3. The van der Waals surface area contributed by atoms with Gasteiger partial charge in [0.25, 0.3) is 0 Å². The van der Waals surface area contributed by atoms with Crippen molar-refractivity contribution in [2.75, 3.05) is 0 Å². The zero-order chi connectivity index (χ0) is 12.1. The minimum atomic E-state index is -1.29. The van der Waals surface area contributed by atoms with Gasteiger partial charge in [0.2, 0.25) is 0 Å². The lowest BCUT2D eigenvalue weighted by Gasteiger charge is -2.06. The first-order valence-electron chi connectivity index (χ1n) is 4.29. The van der Waals surface area contributed by atoms with Gasteiger partial charge in [-0.15, -0.1) is 0 Å². The molecule has 1 aromatic carbocycles. The van der Waals surface area contributed by atoms with E-state index in [1.165, 1.54) is 6.07 Å². The molecule has 0 aromatic heterocycles. The van der Waals surface area contributed by atoms with E-state index in [1.807, 2.05) is 0 Å². The molecule has 0 saturated heterocycles. The molecule has 0 saturated carbocycles. The summed E-state index contributed by atoms with van der Waals surface area (Å²) in [5.41, 5.74) is 8.47. The van der Waals surface area contributed by atoms with Crippen molar-refractivity contribution in [1.82, 2.24) is 0 Å². The van der Waals surface area contributed by atoms with Crippen LogP contribution in [-0.4, -0.2) is 22.2 Å². The monoisotopic (exact) mass is 225 g/mol. The first-order valence-corrected chi connectivity index (χ1v) is 4.29. The average Bonchev–Trinajstić information content (AvgIpc) is 2.22. The van der Waals surface area contributed by atoms with Gasteiger partial charge < -0.3 is 10.2 Å². The van der Waals surface area contributed by atoms with Gasteiger partial charge >= 0.3 is 5.97 Å². The quantitative estimate of drug-likeness (QED) is 0.463. The van der Waals surface area contributed by atoms with Crippen molar-refractivity contribution >= 4 is 5.97 Å². The van der Waals surface area contributed by atoms with E-state index < -0.39 is 23.6 Å². The largest absolute Gasteiger partial charge is 0.505 e. The summed E-state index contributed by atoms with van der Waals surface area (Å²) in [4.78, 5) is 13.0. The standard InChI is InChI=1S/C9H8FN3O3/c10-6-3-5(1-2-8(6)14)4-7(9(15)16)12-13-11/h1-3,7,14H,4H2,(H,15,16)/t7-/m0/s1. The SMILES string of the molecule is [N-]=[N+]=N[C@@H](Cc1ccc(O)c(F)c1)C(=O)O. The van der Waals surface area contributed by atoms with Crippen LogP contribution in [0.5, 0.6) is 5.75 Å². The second-order valence-electron chi connectivity index (χ2n) is 3.05. The molecule has 7 heteroatoms. The van der Waals surface area contributed by atoms with Crippen molar-refractivity contribution in [3.8, 4) is 5.75 Å². The molecule has 1 rings (SSSR count). The Morgan fingerprint density at radius 3 is 2.81 bits per heavy atom. The van der Waals surface area contributed by atoms with E-state index >= 15 is 0 Å². The van der Waals surface area contributed by atoms with Crippen LogP contribution >= 0.6 is 0 Å². The summed E-state index contributed by atoms with van der Waals surface area (Å²) in [6.45, 7) is 0. The van der Waals surface area contributed by atoms with Gasteiger partial charge in [-0.05, 0) is 29.6 Å². The lowest BCUT2D eigenvalue weighted by molar-refractivity contribution is -0.138. The number of aliphatic carboxylic acids is 1. The Morgan fingerprint density at radius 2 is 2.31 bits per heavy atom. The normalized spacial score (nSPS) is 11.6. The van der Waals surface area contributed by atoms with Gasteiger partial charge in [0, 0.05) is 4.91 Å². The molecule has 84 valence electrons. The van der Waals surface area contributed by atoms with Crippen molar-refractivity contribution in [3.05, 3.63) is 40.0 Å². The highest BCUT2D eigenvalue weighted by atomic mass is 19.1. The van der Waals surface area contributed by atoms with Crippen LogP contribution in [0.1, 0.15) is 5.56 Å². The number of phenolic OH excluding ortho intramolecular Hbond substituents is 1. The molecule has 0 bridgehead atoms. The molecule has 0 heterocycles. The molecule has 1 aromatic rings. The molecule has 6 nitrogen and oxygen atoms in total. The maximum atomic E-state index is 12.9. The van der Waals surface area contributed by atoms with E-state index in [0.717, 1.165) is 12.1 Å². The van der Waals surface area contributed by atoms with Gasteiger partial charge in [-0.1, -0.05) is 11.2 Å². The second kappa shape index (κ2) is 4.99.